The molecule has 4 heterocycles. The van der Waals surface area contributed by atoms with Crippen LogP contribution in [-0.4, -0.2) is 51.3 Å². The third-order valence-electron chi connectivity index (χ3n) is 6.34. The number of hydrogen-bond acceptors (Lipinski definition) is 5. The van der Waals surface area contributed by atoms with Gasteiger partial charge in [0.15, 0.2) is 11.6 Å². The molecular weight excluding hydrogens is 527 g/mol. The van der Waals surface area contributed by atoms with Crippen molar-refractivity contribution in [3.63, 3.8) is 0 Å². The van der Waals surface area contributed by atoms with Crippen LogP contribution in [0.1, 0.15) is 65.5 Å². The summed E-state index contributed by atoms with van der Waals surface area (Å²) in [5.41, 5.74) is 1.69. The molecule has 0 amide bonds. The molecule has 198 valence electrons. The highest BCUT2D eigenvalue weighted by molar-refractivity contribution is 7.85. The second kappa shape index (κ2) is 10.6. The zero-order valence-corrected chi connectivity index (χ0v) is 22.2. The number of pyridine rings is 2. The number of ketones is 1. The zero-order chi connectivity index (χ0) is 27.0. The van der Waals surface area contributed by atoms with Crippen LogP contribution in [0.2, 0.25) is 0 Å². The van der Waals surface area contributed by atoms with Crippen molar-refractivity contribution in [2.45, 2.75) is 56.3 Å². The van der Waals surface area contributed by atoms with Crippen LogP contribution in [0.5, 0.6) is 0 Å². The molecule has 7 nitrogen and oxygen atoms in total. The van der Waals surface area contributed by atoms with Gasteiger partial charge < -0.3 is 0 Å². The van der Waals surface area contributed by atoms with Crippen LogP contribution in [0.15, 0.2) is 42.9 Å². The predicted octanol–water partition coefficient (Wildman–Crippen LogP) is 5.23. The first-order valence-corrected chi connectivity index (χ1v) is 13.2. The molecule has 1 aliphatic heterocycles. The quantitative estimate of drug-likeness (QED) is 0.295. The highest BCUT2D eigenvalue weighted by atomic mass is 35.5. The van der Waals surface area contributed by atoms with Crippen molar-refractivity contribution in [2.24, 2.45) is 0 Å². The van der Waals surface area contributed by atoms with Gasteiger partial charge in [-0.3, -0.25) is 9.78 Å². The molecule has 1 saturated heterocycles. The second-order valence-electron chi connectivity index (χ2n) is 9.47. The number of halogens is 4. The molecule has 1 aliphatic rings. The number of Topliss-reactive ketones (excluding diaryl/α,β-unsaturated/α-hetero) is 1. The second-order valence-corrected chi connectivity index (χ2v) is 12.7. The fraction of sp³-hybridized carbons (Fsp3) is 0.440. The van der Waals surface area contributed by atoms with Gasteiger partial charge in [0.05, 0.1) is 23.0 Å². The lowest BCUT2D eigenvalue weighted by atomic mass is 9.93. The Balaban J connectivity index is 1.38. The number of rotatable bonds is 7. The number of nitrogens with zero attached hydrogens (tertiary/aromatic N) is 5. The molecule has 0 aromatic carbocycles. The Morgan fingerprint density at radius 3 is 2.32 bits per heavy atom. The molecule has 4 rings (SSSR count). The largest absolute Gasteiger partial charge is 0.417 e. The SMILES string of the molecule is Cc1c(C(=O)Cc2ccc(C3CCN(S(=O)C(C)(C)Cl)CC3)nc2)cnn1-c1ccc(C(F)(F)F)cn1. The number of carbonyl (C=O) groups is 1. The molecule has 3 aromatic heterocycles. The molecule has 0 N–H and O–H groups in total. The Labute approximate surface area is 220 Å². The zero-order valence-electron chi connectivity index (χ0n) is 20.6. The highest BCUT2D eigenvalue weighted by Crippen LogP contribution is 2.31. The van der Waals surface area contributed by atoms with Crippen molar-refractivity contribution in [3.8, 4) is 5.82 Å². The fourth-order valence-electron chi connectivity index (χ4n) is 4.28. The van der Waals surface area contributed by atoms with Crippen LogP contribution in [0, 0.1) is 6.92 Å². The van der Waals surface area contributed by atoms with E-state index in [2.05, 4.69) is 15.1 Å². The normalized spacial score (nSPS) is 16.6. The van der Waals surface area contributed by atoms with E-state index in [1.165, 1.54) is 16.9 Å². The van der Waals surface area contributed by atoms with E-state index in [9.17, 15) is 22.2 Å². The summed E-state index contributed by atoms with van der Waals surface area (Å²) in [5.74, 6) is 0.262. The van der Waals surface area contributed by atoms with Gasteiger partial charge in [0.25, 0.3) is 0 Å². The van der Waals surface area contributed by atoms with E-state index in [-0.39, 0.29) is 23.9 Å². The standard InChI is InChI=1S/C25H27ClF3N5O2S/c1-16-20(15-32-34(16)23-7-5-19(14-31-23)25(27,28)29)22(35)12-17-4-6-21(30-13-17)18-8-10-33(11-9-18)37(36)24(2,3)26/h4-7,13-15,18H,8-12H2,1-3H3. The van der Waals surface area contributed by atoms with Crippen molar-refractivity contribution < 1.29 is 22.2 Å². The van der Waals surface area contributed by atoms with E-state index in [1.807, 2.05) is 16.4 Å². The Morgan fingerprint density at radius 2 is 1.78 bits per heavy atom. The number of piperidine rings is 1. The maximum absolute atomic E-state index is 12.9. The molecule has 1 atom stereocenters. The van der Waals surface area contributed by atoms with Crippen LogP contribution < -0.4 is 0 Å². The smallest absolute Gasteiger partial charge is 0.294 e. The van der Waals surface area contributed by atoms with Crippen LogP contribution in [0.3, 0.4) is 0 Å². The first-order chi connectivity index (χ1) is 17.3. The number of alkyl halides is 4. The summed E-state index contributed by atoms with van der Waals surface area (Å²) < 4.78 is 53.3. The summed E-state index contributed by atoms with van der Waals surface area (Å²) in [4.78, 5) is 21.4. The molecular formula is C25H27ClF3N5O2S. The van der Waals surface area contributed by atoms with Gasteiger partial charge in [-0.15, -0.1) is 11.6 Å². The summed E-state index contributed by atoms with van der Waals surface area (Å²) in [5, 5.41) is 4.15. The first-order valence-electron chi connectivity index (χ1n) is 11.8. The molecule has 1 fully saturated rings. The lowest BCUT2D eigenvalue weighted by molar-refractivity contribution is -0.137. The highest BCUT2D eigenvalue weighted by Gasteiger charge is 2.32. The Kier molecular flexibility index (Phi) is 7.87. The van der Waals surface area contributed by atoms with Gasteiger partial charge in [-0.1, -0.05) is 6.07 Å². The molecule has 0 saturated carbocycles. The first kappa shape index (κ1) is 27.4. The topological polar surface area (TPSA) is 81.0 Å². The summed E-state index contributed by atoms with van der Waals surface area (Å²) in [6.07, 6.45) is 1.11. The van der Waals surface area contributed by atoms with Gasteiger partial charge >= 0.3 is 6.18 Å². The molecule has 3 aromatic rings. The summed E-state index contributed by atoms with van der Waals surface area (Å²) in [6, 6.07) is 5.95. The average molecular weight is 554 g/mol. The Hall–Kier alpha value is -2.63. The van der Waals surface area contributed by atoms with Gasteiger partial charge in [0.1, 0.15) is 15.2 Å². The van der Waals surface area contributed by atoms with Crippen LogP contribution >= 0.6 is 11.6 Å². The van der Waals surface area contributed by atoms with Gasteiger partial charge in [0.2, 0.25) is 0 Å². The lowest BCUT2D eigenvalue weighted by Gasteiger charge is -2.33. The average Bonchev–Trinajstić information content (AvgIpc) is 3.24. The van der Waals surface area contributed by atoms with Gasteiger partial charge in [-0.05, 0) is 57.4 Å². The summed E-state index contributed by atoms with van der Waals surface area (Å²) in [6.45, 7) is 6.51. The fourth-order valence-corrected chi connectivity index (χ4v) is 5.73. The van der Waals surface area contributed by atoms with E-state index in [4.69, 9.17) is 11.6 Å². The Morgan fingerprint density at radius 1 is 1.08 bits per heavy atom. The van der Waals surface area contributed by atoms with E-state index in [0.717, 1.165) is 36.4 Å². The van der Waals surface area contributed by atoms with Crippen LogP contribution in [0.4, 0.5) is 13.2 Å². The van der Waals surface area contributed by atoms with Crippen LogP contribution in [0.25, 0.3) is 5.82 Å². The van der Waals surface area contributed by atoms with E-state index < -0.39 is 26.9 Å². The minimum atomic E-state index is -4.48. The number of aromatic nitrogens is 4. The van der Waals surface area contributed by atoms with Crippen molar-refractivity contribution in [1.29, 1.82) is 0 Å². The van der Waals surface area contributed by atoms with E-state index >= 15 is 0 Å². The minimum absolute atomic E-state index is 0.114. The summed E-state index contributed by atoms with van der Waals surface area (Å²) in [7, 11) is -1.26. The number of hydrogen-bond donors (Lipinski definition) is 0. The van der Waals surface area contributed by atoms with Gasteiger partial charge in [-0.2, -0.15) is 18.3 Å². The van der Waals surface area contributed by atoms with Crippen LogP contribution in [-0.2, 0) is 23.6 Å². The monoisotopic (exact) mass is 553 g/mol. The molecule has 0 radical (unpaired) electrons. The predicted molar refractivity (Wildman–Crippen MR) is 135 cm³/mol. The van der Waals surface area contributed by atoms with Gasteiger partial charge in [0, 0.05) is 43.5 Å². The van der Waals surface area contributed by atoms with Crippen molar-refractivity contribution in [3.05, 3.63) is 70.9 Å². The molecule has 0 bridgehead atoms. The summed E-state index contributed by atoms with van der Waals surface area (Å²) >= 11 is 6.21. The third kappa shape index (κ3) is 6.27. The maximum atomic E-state index is 12.9. The molecule has 1 unspecified atom stereocenters. The van der Waals surface area contributed by atoms with Crippen molar-refractivity contribution in [2.75, 3.05) is 13.1 Å². The molecule has 37 heavy (non-hydrogen) atoms. The molecule has 0 spiro atoms. The minimum Gasteiger partial charge on any atom is -0.294 e. The van der Waals surface area contributed by atoms with Crippen molar-refractivity contribution >= 4 is 28.4 Å². The molecule has 12 heteroatoms. The third-order valence-corrected chi connectivity index (χ3v) is 8.40. The van der Waals surface area contributed by atoms with E-state index in [1.54, 1.807) is 27.0 Å². The lowest BCUT2D eigenvalue weighted by Crippen LogP contribution is -2.40. The van der Waals surface area contributed by atoms with Gasteiger partial charge in [-0.25, -0.2) is 18.2 Å². The number of carbonyl (C=O) groups excluding carboxylic acids is 1. The van der Waals surface area contributed by atoms with Crippen molar-refractivity contribution in [1.82, 2.24) is 24.1 Å². The Bertz CT molecular complexity index is 1280. The molecule has 0 aliphatic carbocycles. The van der Waals surface area contributed by atoms with E-state index in [0.29, 0.717) is 24.3 Å². The maximum Gasteiger partial charge on any atom is 0.417 e.